The van der Waals surface area contributed by atoms with Gasteiger partial charge in [-0.2, -0.15) is 5.26 Å². The molecule has 0 unspecified atom stereocenters. The molecule has 0 bridgehead atoms. The van der Waals surface area contributed by atoms with Crippen molar-refractivity contribution in [3.63, 3.8) is 0 Å². The minimum Gasteiger partial charge on any atom is -0.381 e. The van der Waals surface area contributed by atoms with E-state index in [2.05, 4.69) is 33.5 Å². The Balaban J connectivity index is 1.43. The molecule has 5 aromatic rings. The molecule has 0 spiro atoms. The number of benzene rings is 2. The van der Waals surface area contributed by atoms with Crippen LogP contribution in [0.5, 0.6) is 0 Å². The number of nitriles is 1. The average molecular weight is 519 g/mol. The molecule has 0 aliphatic carbocycles. The molecule has 0 radical (unpaired) electrons. The van der Waals surface area contributed by atoms with Gasteiger partial charge in [0.2, 0.25) is 0 Å². The maximum Gasteiger partial charge on any atom is 0.333 e. The van der Waals surface area contributed by atoms with Crippen LogP contribution < -0.4 is 11.0 Å². The topological polar surface area (TPSA) is 97.8 Å². The second-order valence-corrected chi connectivity index (χ2v) is 10.6. The zero-order valence-corrected chi connectivity index (χ0v) is 22.3. The predicted octanol–water partition coefficient (Wildman–Crippen LogP) is 5.33. The summed E-state index contributed by atoms with van der Waals surface area (Å²) in [4.78, 5) is 22.8. The van der Waals surface area contributed by atoms with Gasteiger partial charge < -0.3 is 10.1 Å². The third-order valence-electron chi connectivity index (χ3n) is 7.68. The Hall–Kier alpha value is -4.48. The highest BCUT2D eigenvalue weighted by molar-refractivity contribution is 6.04. The van der Waals surface area contributed by atoms with E-state index in [0.29, 0.717) is 6.04 Å². The first-order valence-electron chi connectivity index (χ1n) is 13.2. The lowest BCUT2D eigenvalue weighted by Gasteiger charge is -2.23. The monoisotopic (exact) mass is 518 g/mol. The lowest BCUT2D eigenvalue weighted by atomic mass is 9.86. The molecule has 0 amide bonds. The number of aromatic nitrogens is 4. The summed E-state index contributed by atoms with van der Waals surface area (Å²) in [7, 11) is 1.76. The Bertz CT molecular complexity index is 1770. The SMILES string of the molecule is Cn1c(=O)n(-c2ccc(C(C)(C)C#N)cc2)c2c3cc(-c4ccc(NC5CCOCC5)nc4)ccc3ncc21. The standard InChI is InChI=1S/C31H30N6O2/c1-31(2,19-32)22-6-8-24(9-7-22)37-29-25-16-20(4-10-26(25)33-18-27(29)36(3)30(37)38)21-5-11-28(34-17-21)35-23-12-14-39-15-13-23/h4-11,16-18,23H,12-15H2,1-3H3,(H,34,35). The fourth-order valence-corrected chi connectivity index (χ4v) is 5.21. The molecule has 1 aliphatic rings. The van der Waals surface area contributed by atoms with E-state index < -0.39 is 5.41 Å². The normalized spacial score (nSPS) is 14.5. The third kappa shape index (κ3) is 4.45. The number of nitrogens with zero attached hydrogens (tertiary/aromatic N) is 5. The van der Waals surface area contributed by atoms with Crippen LogP contribution in [0.1, 0.15) is 32.3 Å². The highest BCUT2D eigenvalue weighted by Gasteiger charge is 2.21. The van der Waals surface area contributed by atoms with E-state index in [0.717, 1.165) is 76.2 Å². The van der Waals surface area contributed by atoms with Crippen molar-refractivity contribution in [1.29, 1.82) is 5.26 Å². The van der Waals surface area contributed by atoms with Crippen LogP contribution >= 0.6 is 0 Å². The van der Waals surface area contributed by atoms with Gasteiger partial charge in [-0.1, -0.05) is 18.2 Å². The molecule has 1 fully saturated rings. The Morgan fingerprint density at radius 2 is 1.74 bits per heavy atom. The second-order valence-electron chi connectivity index (χ2n) is 10.6. The van der Waals surface area contributed by atoms with Gasteiger partial charge in [0, 0.05) is 43.4 Å². The number of imidazole rings is 1. The van der Waals surface area contributed by atoms with Crippen LogP contribution in [0.3, 0.4) is 0 Å². The molecule has 1 N–H and O–H groups in total. The molecule has 6 rings (SSSR count). The Kier molecular flexibility index (Phi) is 6.16. The number of aryl methyl sites for hydroxylation is 1. The van der Waals surface area contributed by atoms with Gasteiger partial charge >= 0.3 is 5.69 Å². The highest BCUT2D eigenvalue weighted by Crippen LogP contribution is 2.31. The number of hydrogen-bond acceptors (Lipinski definition) is 6. The summed E-state index contributed by atoms with van der Waals surface area (Å²) in [5.41, 5.74) is 5.21. The summed E-state index contributed by atoms with van der Waals surface area (Å²) in [5, 5.41) is 13.9. The van der Waals surface area contributed by atoms with Gasteiger partial charge in [0.15, 0.2) is 0 Å². The van der Waals surface area contributed by atoms with Crippen LogP contribution in [-0.4, -0.2) is 38.4 Å². The van der Waals surface area contributed by atoms with E-state index in [-0.39, 0.29) is 5.69 Å². The van der Waals surface area contributed by atoms with E-state index in [4.69, 9.17) is 4.74 Å². The number of nitrogens with one attached hydrogen (secondary N) is 1. The van der Waals surface area contributed by atoms with Crippen molar-refractivity contribution in [3.05, 3.63) is 83.0 Å². The highest BCUT2D eigenvalue weighted by atomic mass is 16.5. The molecule has 39 heavy (non-hydrogen) atoms. The third-order valence-corrected chi connectivity index (χ3v) is 7.68. The number of pyridine rings is 2. The number of rotatable bonds is 5. The van der Waals surface area contributed by atoms with Gasteiger partial charge in [-0.25, -0.2) is 9.78 Å². The number of fused-ring (bicyclic) bond motifs is 3. The van der Waals surface area contributed by atoms with Crippen LogP contribution in [0.15, 0.2) is 71.8 Å². The van der Waals surface area contributed by atoms with Crippen molar-refractivity contribution >= 4 is 27.8 Å². The molecule has 8 nitrogen and oxygen atoms in total. The van der Waals surface area contributed by atoms with Crippen LogP contribution in [0, 0.1) is 11.3 Å². The molecule has 196 valence electrons. The first kappa shape index (κ1) is 24.8. The summed E-state index contributed by atoms with van der Waals surface area (Å²) in [6, 6.07) is 20.5. The van der Waals surface area contributed by atoms with Gasteiger partial charge in [0.1, 0.15) is 5.82 Å². The Morgan fingerprint density at radius 3 is 2.44 bits per heavy atom. The molecule has 4 heterocycles. The van der Waals surface area contributed by atoms with Gasteiger partial charge in [0.05, 0.1) is 39.9 Å². The Morgan fingerprint density at radius 1 is 1.00 bits per heavy atom. The van der Waals surface area contributed by atoms with Crippen molar-refractivity contribution in [1.82, 2.24) is 19.1 Å². The zero-order chi connectivity index (χ0) is 27.1. The molecule has 1 saturated heterocycles. The second kappa shape index (κ2) is 9.68. The van der Waals surface area contributed by atoms with Gasteiger partial charge in [-0.05, 0) is 74.2 Å². The minimum atomic E-state index is -0.613. The van der Waals surface area contributed by atoms with Crippen molar-refractivity contribution < 1.29 is 4.74 Å². The van der Waals surface area contributed by atoms with Gasteiger partial charge in [0.25, 0.3) is 0 Å². The molecule has 2 aromatic carbocycles. The largest absolute Gasteiger partial charge is 0.381 e. The molecular formula is C31H30N6O2. The number of anilines is 1. The van der Waals surface area contributed by atoms with E-state index in [1.54, 1.807) is 22.4 Å². The molecule has 0 atom stereocenters. The fraction of sp³-hybridized carbons (Fsp3) is 0.290. The van der Waals surface area contributed by atoms with Crippen LogP contribution in [0.2, 0.25) is 0 Å². The smallest absolute Gasteiger partial charge is 0.333 e. The molecule has 1 aliphatic heterocycles. The summed E-state index contributed by atoms with van der Waals surface area (Å²) in [5.74, 6) is 0.857. The summed E-state index contributed by atoms with van der Waals surface area (Å²) in [6.45, 7) is 5.33. The summed E-state index contributed by atoms with van der Waals surface area (Å²) >= 11 is 0. The van der Waals surface area contributed by atoms with Crippen LogP contribution in [-0.2, 0) is 17.2 Å². The first-order valence-corrected chi connectivity index (χ1v) is 13.2. The van der Waals surface area contributed by atoms with Crippen molar-refractivity contribution in [3.8, 4) is 22.9 Å². The number of ether oxygens (including phenoxy) is 1. The lowest BCUT2D eigenvalue weighted by molar-refractivity contribution is 0.0904. The van der Waals surface area contributed by atoms with Crippen molar-refractivity contribution in [2.75, 3.05) is 18.5 Å². The van der Waals surface area contributed by atoms with Crippen molar-refractivity contribution in [2.45, 2.75) is 38.1 Å². The fourth-order valence-electron chi connectivity index (χ4n) is 5.21. The van der Waals surface area contributed by atoms with Gasteiger partial charge in [-0.15, -0.1) is 0 Å². The molecule has 0 saturated carbocycles. The zero-order valence-electron chi connectivity index (χ0n) is 22.3. The van der Waals surface area contributed by atoms with Crippen LogP contribution in [0.4, 0.5) is 5.82 Å². The lowest BCUT2D eigenvalue weighted by Crippen LogP contribution is -2.28. The number of hydrogen-bond donors (Lipinski definition) is 1. The summed E-state index contributed by atoms with van der Waals surface area (Å²) < 4.78 is 8.80. The Labute approximate surface area is 226 Å². The maximum atomic E-state index is 13.4. The average Bonchev–Trinajstić information content (AvgIpc) is 3.23. The first-order chi connectivity index (χ1) is 18.9. The quantitative estimate of drug-likeness (QED) is 0.338. The van der Waals surface area contributed by atoms with E-state index >= 15 is 0 Å². The summed E-state index contributed by atoms with van der Waals surface area (Å²) in [6.07, 6.45) is 5.59. The van der Waals surface area contributed by atoms with E-state index in [9.17, 15) is 10.1 Å². The van der Waals surface area contributed by atoms with Crippen molar-refractivity contribution in [2.24, 2.45) is 7.05 Å². The van der Waals surface area contributed by atoms with E-state index in [1.165, 1.54) is 0 Å². The van der Waals surface area contributed by atoms with Crippen LogP contribution in [0.25, 0.3) is 38.8 Å². The van der Waals surface area contributed by atoms with E-state index in [1.807, 2.05) is 62.5 Å². The van der Waals surface area contributed by atoms with Gasteiger partial charge in [-0.3, -0.25) is 14.1 Å². The predicted molar refractivity (Wildman–Crippen MR) is 153 cm³/mol. The molecule has 3 aromatic heterocycles. The molecular weight excluding hydrogens is 488 g/mol. The maximum absolute atomic E-state index is 13.4. The molecule has 8 heteroatoms. The minimum absolute atomic E-state index is 0.151.